The van der Waals surface area contributed by atoms with Crippen molar-refractivity contribution in [3.63, 3.8) is 0 Å². The van der Waals surface area contributed by atoms with Crippen LogP contribution in [0.3, 0.4) is 0 Å². The number of rotatable bonds is 4. The van der Waals surface area contributed by atoms with E-state index in [1.807, 2.05) is 0 Å². The molecule has 1 aliphatic rings. The van der Waals surface area contributed by atoms with Gasteiger partial charge in [-0.2, -0.15) is 0 Å². The maximum Gasteiger partial charge on any atom is 0.326 e. The van der Waals surface area contributed by atoms with Crippen molar-refractivity contribution in [3.05, 3.63) is 0 Å². The summed E-state index contributed by atoms with van der Waals surface area (Å²) in [6.07, 6.45) is 2.12. The number of nitrogens with one attached hydrogen (secondary N) is 1. The molecule has 1 saturated heterocycles. The van der Waals surface area contributed by atoms with E-state index in [0.717, 1.165) is 12.8 Å². The van der Waals surface area contributed by atoms with E-state index in [-0.39, 0.29) is 11.8 Å². The van der Waals surface area contributed by atoms with Crippen LogP contribution in [-0.2, 0) is 14.3 Å². The second-order valence-corrected chi connectivity index (χ2v) is 4.42. The highest BCUT2D eigenvalue weighted by Gasteiger charge is 2.28. The number of carbonyl (C=O) groups is 2. The predicted molar refractivity (Wildman–Crippen MR) is 58.0 cm³/mol. The second kappa shape index (κ2) is 5.84. The fraction of sp³-hybridized carbons (Fsp3) is 0.818. The van der Waals surface area contributed by atoms with Crippen molar-refractivity contribution in [1.82, 2.24) is 5.32 Å². The van der Waals surface area contributed by atoms with Crippen molar-refractivity contribution in [2.24, 2.45) is 5.92 Å². The summed E-state index contributed by atoms with van der Waals surface area (Å²) in [6, 6.07) is -0.835. The Hall–Kier alpha value is -1.10. The van der Waals surface area contributed by atoms with E-state index in [0.29, 0.717) is 13.0 Å². The zero-order chi connectivity index (χ0) is 12.1. The maximum absolute atomic E-state index is 11.7. The Balaban J connectivity index is 2.50. The van der Waals surface area contributed by atoms with Gasteiger partial charge < -0.3 is 15.2 Å². The first kappa shape index (κ1) is 13.0. The number of carbonyl (C=O) groups excluding carboxylic acids is 1. The van der Waals surface area contributed by atoms with Crippen molar-refractivity contribution < 1.29 is 19.4 Å². The molecule has 5 heteroatoms. The van der Waals surface area contributed by atoms with Gasteiger partial charge in [-0.15, -0.1) is 0 Å². The monoisotopic (exact) mass is 229 g/mol. The zero-order valence-electron chi connectivity index (χ0n) is 9.73. The van der Waals surface area contributed by atoms with Crippen molar-refractivity contribution >= 4 is 11.9 Å². The van der Waals surface area contributed by atoms with Crippen LogP contribution in [-0.4, -0.2) is 35.7 Å². The number of carboxylic acid groups (broad SMARTS) is 1. The minimum absolute atomic E-state index is 0.134. The summed E-state index contributed by atoms with van der Waals surface area (Å²) >= 11 is 0. The van der Waals surface area contributed by atoms with Crippen LogP contribution >= 0.6 is 0 Å². The van der Waals surface area contributed by atoms with E-state index < -0.39 is 18.1 Å². The van der Waals surface area contributed by atoms with Gasteiger partial charge in [0.1, 0.15) is 12.1 Å². The normalized spacial score (nSPS) is 22.8. The van der Waals surface area contributed by atoms with Gasteiger partial charge in [-0.05, 0) is 25.2 Å². The molecule has 0 aromatic carbocycles. The van der Waals surface area contributed by atoms with E-state index in [1.54, 1.807) is 13.8 Å². The highest BCUT2D eigenvalue weighted by molar-refractivity contribution is 5.86. The first-order valence-electron chi connectivity index (χ1n) is 5.67. The molecule has 2 atom stereocenters. The number of carboxylic acids is 1. The van der Waals surface area contributed by atoms with Crippen LogP contribution in [0.4, 0.5) is 0 Å². The number of hydrogen-bond acceptors (Lipinski definition) is 3. The number of amides is 1. The predicted octanol–water partition coefficient (Wildman–Crippen LogP) is 0.781. The Labute approximate surface area is 95.2 Å². The molecule has 0 bridgehead atoms. The maximum atomic E-state index is 11.7. The summed E-state index contributed by atoms with van der Waals surface area (Å²) in [4.78, 5) is 22.6. The van der Waals surface area contributed by atoms with Crippen LogP contribution in [0, 0.1) is 5.92 Å². The van der Waals surface area contributed by atoms with Gasteiger partial charge in [0.2, 0.25) is 5.91 Å². The van der Waals surface area contributed by atoms with Crippen LogP contribution in [0.2, 0.25) is 0 Å². The number of aliphatic carboxylic acids is 1. The van der Waals surface area contributed by atoms with Gasteiger partial charge >= 0.3 is 5.97 Å². The van der Waals surface area contributed by atoms with E-state index >= 15 is 0 Å². The number of ether oxygens (including phenoxy) is 1. The molecule has 0 aliphatic carbocycles. The van der Waals surface area contributed by atoms with Crippen molar-refractivity contribution in [1.29, 1.82) is 0 Å². The molecule has 1 amide bonds. The summed E-state index contributed by atoms with van der Waals surface area (Å²) in [5, 5.41) is 11.5. The van der Waals surface area contributed by atoms with E-state index in [4.69, 9.17) is 9.84 Å². The Morgan fingerprint density at radius 2 is 2.06 bits per heavy atom. The fourth-order valence-electron chi connectivity index (χ4n) is 1.71. The Bertz CT molecular complexity index is 259. The quantitative estimate of drug-likeness (QED) is 0.747. The van der Waals surface area contributed by atoms with Gasteiger partial charge in [0.25, 0.3) is 0 Å². The third-order valence-electron chi connectivity index (χ3n) is 2.70. The van der Waals surface area contributed by atoms with Crippen LogP contribution in [0.25, 0.3) is 0 Å². The van der Waals surface area contributed by atoms with E-state index in [1.165, 1.54) is 0 Å². The van der Waals surface area contributed by atoms with Crippen molar-refractivity contribution in [3.8, 4) is 0 Å². The van der Waals surface area contributed by atoms with Gasteiger partial charge in [0.05, 0.1) is 0 Å². The third-order valence-corrected chi connectivity index (χ3v) is 2.70. The van der Waals surface area contributed by atoms with Crippen LogP contribution < -0.4 is 5.32 Å². The molecular formula is C11H19NO4. The average molecular weight is 229 g/mol. The fourth-order valence-corrected chi connectivity index (χ4v) is 1.71. The molecule has 1 heterocycles. The van der Waals surface area contributed by atoms with Crippen LogP contribution in [0.5, 0.6) is 0 Å². The Kier molecular flexibility index (Phi) is 4.73. The molecule has 1 rings (SSSR count). The first-order chi connectivity index (χ1) is 7.52. The Morgan fingerprint density at radius 1 is 1.38 bits per heavy atom. The van der Waals surface area contributed by atoms with Gasteiger partial charge in [0.15, 0.2) is 0 Å². The summed E-state index contributed by atoms with van der Waals surface area (Å²) in [7, 11) is 0. The molecule has 5 nitrogen and oxygen atoms in total. The molecular weight excluding hydrogens is 210 g/mol. The topological polar surface area (TPSA) is 75.6 Å². The largest absolute Gasteiger partial charge is 0.480 e. The summed E-state index contributed by atoms with van der Waals surface area (Å²) in [6.45, 7) is 4.11. The highest BCUT2D eigenvalue weighted by Crippen LogP contribution is 2.13. The summed E-state index contributed by atoms with van der Waals surface area (Å²) in [5.74, 6) is -1.44. The number of hydrogen-bond donors (Lipinski definition) is 2. The summed E-state index contributed by atoms with van der Waals surface area (Å²) in [5.41, 5.74) is 0. The highest BCUT2D eigenvalue weighted by atomic mass is 16.5. The van der Waals surface area contributed by atoms with E-state index in [2.05, 4.69) is 5.32 Å². The van der Waals surface area contributed by atoms with Gasteiger partial charge in [-0.3, -0.25) is 4.79 Å². The molecule has 2 N–H and O–H groups in total. The molecule has 0 aromatic heterocycles. The minimum Gasteiger partial charge on any atom is -0.480 e. The smallest absolute Gasteiger partial charge is 0.326 e. The molecule has 0 spiro atoms. The second-order valence-electron chi connectivity index (χ2n) is 4.42. The van der Waals surface area contributed by atoms with Gasteiger partial charge in [0, 0.05) is 6.61 Å². The average Bonchev–Trinajstić information content (AvgIpc) is 2.25. The lowest BCUT2D eigenvalue weighted by atomic mass is 10.0. The van der Waals surface area contributed by atoms with Crippen molar-refractivity contribution in [2.45, 2.75) is 45.3 Å². The molecule has 1 fully saturated rings. The molecule has 92 valence electrons. The molecule has 1 aliphatic heterocycles. The van der Waals surface area contributed by atoms with E-state index in [9.17, 15) is 9.59 Å². The Morgan fingerprint density at radius 3 is 2.50 bits per heavy atom. The van der Waals surface area contributed by atoms with Gasteiger partial charge in [-0.1, -0.05) is 13.8 Å². The molecule has 0 saturated carbocycles. The molecule has 16 heavy (non-hydrogen) atoms. The molecule has 1 unspecified atom stereocenters. The SMILES string of the molecule is CC(C)[C@H](NC(=O)C1CCCCO1)C(=O)O. The first-order valence-corrected chi connectivity index (χ1v) is 5.67. The van der Waals surface area contributed by atoms with Crippen molar-refractivity contribution in [2.75, 3.05) is 6.61 Å². The van der Waals surface area contributed by atoms with Crippen LogP contribution in [0.15, 0.2) is 0 Å². The molecule has 0 aromatic rings. The van der Waals surface area contributed by atoms with Crippen LogP contribution in [0.1, 0.15) is 33.1 Å². The minimum atomic E-state index is -1.00. The lowest BCUT2D eigenvalue weighted by Gasteiger charge is -2.25. The van der Waals surface area contributed by atoms with Gasteiger partial charge in [-0.25, -0.2) is 4.79 Å². The summed E-state index contributed by atoms with van der Waals surface area (Å²) < 4.78 is 5.30. The standard InChI is InChI=1S/C11H19NO4/c1-7(2)9(11(14)15)12-10(13)8-5-3-4-6-16-8/h7-9H,3-6H2,1-2H3,(H,12,13)(H,14,15)/t8?,9-/m0/s1. The lowest BCUT2D eigenvalue weighted by Crippen LogP contribution is -2.49. The lowest BCUT2D eigenvalue weighted by molar-refractivity contribution is -0.146. The third kappa shape index (κ3) is 3.48. The zero-order valence-corrected chi connectivity index (χ0v) is 9.73. The molecule has 0 radical (unpaired) electrons.